The van der Waals surface area contributed by atoms with Crippen molar-refractivity contribution in [3.05, 3.63) is 23.6 Å². The standard InChI is InChI=1S/C13H21ClN4O2/c1-3-6-15-11-10(12(20)16-7-5-9-19)18(8-4-2)13(14)17-11/h4,15,19H,2-3,5-9H2,1H3,(H,16,20). The van der Waals surface area contributed by atoms with E-state index in [2.05, 4.69) is 22.2 Å². The summed E-state index contributed by atoms with van der Waals surface area (Å²) in [5.74, 6) is 0.207. The second-order valence-electron chi connectivity index (χ2n) is 4.24. The first-order chi connectivity index (χ1) is 9.65. The van der Waals surface area contributed by atoms with Crippen LogP contribution in [0.3, 0.4) is 0 Å². The molecule has 1 amide bonds. The Morgan fingerprint density at radius 3 is 2.90 bits per heavy atom. The molecule has 0 aromatic carbocycles. The van der Waals surface area contributed by atoms with E-state index < -0.39 is 0 Å². The molecule has 1 aromatic heterocycles. The van der Waals surface area contributed by atoms with Gasteiger partial charge in [-0.3, -0.25) is 4.79 Å². The molecule has 1 aromatic rings. The van der Waals surface area contributed by atoms with E-state index in [1.807, 2.05) is 6.92 Å². The van der Waals surface area contributed by atoms with Crippen LogP contribution >= 0.6 is 11.6 Å². The number of carbonyl (C=O) groups is 1. The molecule has 0 fully saturated rings. The normalized spacial score (nSPS) is 10.3. The SMILES string of the molecule is C=CCn1c(Cl)nc(NCCC)c1C(=O)NCCCO. The fourth-order valence-electron chi connectivity index (χ4n) is 1.68. The van der Waals surface area contributed by atoms with Gasteiger partial charge in [0.2, 0.25) is 5.28 Å². The van der Waals surface area contributed by atoms with Gasteiger partial charge in [-0.1, -0.05) is 13.0 Å². The molecule has 3 N–H and O–H groups in total. The van der Waals surface area contributed by atoms with Gasteiger partial charge in [-0.05, 0) is 24.4 Å². The molecule has 20 heavy (non-hydrogen) atoms. The molecule has 0 aliphatic rings. The molecule has 7 heteroatoms. The Labute approximate surface area is 123 Å². The Morgan fingerprint density at radius 1 is 1.55 bits per heavy atom. The number of nitrogens with zero attached hydrogens (tertiary/aromatic N) is 2. The average Bonchev–Trinajstić information content (AvgIpc) is 2.74. The number of aliphatic hydroxyl groups excluding tert-OH is 1. The number of allylic oxidation sites excluding steroid dienone is 1. The van der Waals surface area contributed by atoms with Crippen molar-refractivity contribution in [2.45, 2.75) is 26.3 Å². The van der Waals surface area contributed by atoms with Crippen LogP contribution in [-0.2, 0) is 6.54 Å². The maximum Gasteiger partial charge on any atom is 0.271 e. The van der Waals surface area contributed by atoms with Gasteiger partial charge in [0.05, 0.1) is 0 Å². The summed E-state index contributed by atoms with van der Waals surface area (Å²) >= 11 is 6.06. The molecular weight excluding hydrogens is 280 g/mol. The van der Waals surface area contributed by atoms with E-state index >= 15 is 0 Å². The van der Waals surface area contributed by atoms with E-state index in [1.165, 1.54) is 0 Å². The molecule has 0 saturated heterocycles. The molecule has 0 saturated carbocycles. The van der Waals surface area contributed by atoms with Crippen LogP contribution in [0.4, 0.5) is 5.82 Å². The number of hydrogen-bond donors (Lipinski definition) is 3. The van der Waals surface area contributed by atoms with Crippen LogP contribution in [0.1, 0.15) is 30.3 Å². The van der Waals surface area contributed by atoms with Crippen molar-refractivity contribution >= 4 is 23.3 Å². The summed E-state index contributed by atoms with van der Waals surface area (Å²) in [7, 11) is 0. The third-order valence-corrected chi connectivity index (χ3v) is 2.90. The van der Waals surface area contributed by atoms with Crippen LogP contribution in [-0.4, -0.2) is 40.3 Å². The van der Waals surface area contributed by atoms with E-state index in [1.54, 1.807) is 10.6 Å². The third-order valence-electron chi connectivity index (χ3n) is 2.61. The molecule has 112 valence electrons. The number of nitrogens with one attached hydrogen (secondary N) is 2. The van der Waals surface area contributed by atoms with Crippen LogP contribution in [0.25, 0.3) is 0 Å². The van der Waals surface area contributed by atoms with Crippen LogP contribution in [0.15, 0.2) is 12.7 Å². The van der Waals surface area contributed by atoms with Crippen LogP contribution in [0.2, 0.25) is 5.28 Å². The second-order valence-corrected chi connectivity index (χ2v) is 4.58. The maximum atomic E-state index is 12.2. The Morgan fingerprint density at radius 2 is 2.30 bits per heavy atom. The van der Waals surface area contributed by atoms with Crippen molar-refractivity contribution in [3.63, 3.8) is 0 Å². The molecular formula is C13H21ClN4O2. The van der Waals surface area contributed by atoms with E-state index in [4.69, 9.17) is 16.7 Å². The lowest BCUT2D eigenvalue weighted by molar-refractivity contribution is 0.0943. The fourth-order valence-corrected chi connectivity index (χ4v) is 1.92. The highest BCUT2D eigenvalue weighted by Gasteiger charge is 2.21. The van der Waals surface area contributed by atoms with E-state index in [0.29, 0.717) is 37.6 Å². The monoisotopic (exact) mass is 300 g/mol. The molecule has 6 nitrogen and oxygen atoms in total. The third kappa shape index (κ3) is 4.25. The molecule has 1 rings (SSSR count). The lowest BCUT2D eigenvalue weighted by Crippen LogP contribution is -2.28. The Hall–Kier alpha value is -1.53. The number of carbonyl (C=O) groups excluding carboxylic acids is 1. The van der Waals surface area contributed by atoms with Crippen LogP contribution in [0.5, 0.6) is 0 Å². The van der Waals surface area contributed by atoms with Crippen LogP contribution in [0, 0.1) is 0 Å². The molecule has 0 bridgehead atoms. The van der Waals surface area contributed by atoms with Crippen molar-refractivity contribution < 1.29 is 9.90 Å². The summed E-state index contributed by atoms with van der Waals surface area (Å²) in [5.41, 5.74) is 0.390. The number of amides is 1. The number of imidazole rings is 1. The van der Waals surface area contributed by atoms with Gasteiger partial charge in [-0.25, -0.2) is 0 Å². The van der Waals surface area contributed by atoms with Gasteiger partial charge >= 0.3 is 0 Å². The molecule has 0 aliphatic carbocycles. The van der Waals surface area contributed by atoms with Crippen molar-refractivity contribution in [1.82, 2.24) is 14.9 Å². The number of halogens is 1. The van der Waals surface area contributed by atoms with Gasteiger partial charge in [-0.2, -0.15) is 4.98 Å². The van der Waals surface area contributed by atoms with Crippen molar-refractivity contribution in [2.75, 3.05) is 25.0 Å². The summed E-state index contributed by atoms with van der Waals surface area (Å²) in [6.45, 7) is 7.23. The van der Waals surface area contributed by atoms with Crippen molar-refractivity contribution in [2.24, 2.45) is 0 Å². The zero-order valence-corrected chi connectivity index (χ0v) is 12.4. The number of rotatable bonds is 9. The van der Waals surface area contributed by atoms with Crippen LogP contribution < -0.4 is 10.6 Å². The Balaban J connectivity index is 2.97. The summed E-state index contributed by atoms with van der Waals surface area (Å²) in [4.78, 5) is 16.4. The largest absolute Gasteiger partial charge is 0.396 e. The minimum absolute atomic E-state index is 0.0356. The lowest BCUT2D eigenvalue weighted by Gasteiger charge is -2.10. The highest BCUT2D eigenvalue weighted by molar-refractivity contribution is 6.29. The molecule has 0 aliphatic heterocycles. The highest BCUT2D eigenvalue weighted by atomic mass is 35.5. The molecule has 1 heterocycles. The Kier molecular flexibility index (Phi) is 7.11. The highest BCUT2D eigenvalue weighted by Crippen LogP contribution is 2.21. The smallest absolute Gasteiger partial charge is 0.271 e. The number of aliphatic hydroxyl groups is 1. The first-order valence-corrected chi connectivity index (χ1v) is 7.03. The molecule has 0 unspecified atom stereocenters. The first kappa shape index (κ1) is 16.5. The van der Waals surface area contributed by atoms with E-state index in [0.717, 1.165) is 6.42 Å². The van der Waals surface area contributed by atoms with Crippen molar-refractivity contribution in [3.8, 4) is 0 Å². The summed E-state index contributed by atoms with van der Waals surface area (Å²) in [5, 5.41) is 14.8. The number of aromatic nitrogens is 2. The van der Waals surface area contributed by atoms with Crippen molar-refractivity contribution in [1.29, 1.82) is 0 Å². The second kappa shape index (κ2) is 8.60. The first-order valence-electron chi connectivity index (χ1n) is 6.65. The Bertz CT molecular complexity index is 459. The zero-order valence-electron chi connectivity index (χ0n) is 11.7. The minimum Gasteiger partial charge on any atom is -0.396 e. The van der Waals surface area contributed by atoms with Gasteiger partial charge in [-0.15, -0.1) is 6.58 Å². The zero-order chi connectivity index (χ0) is 15.0. The van der Waals surface area contributed by atoms with E-state index in [9.17, 15) is 4.79 Å². The summed E-state index contributed by atoms with van der Waals surface area (Å²) in [6, 6.07) is 0. The van der Waals surface area contributed by atoms with Gasteiger partial charge in [0.1, 0.15) is 0 Å². The van der Waals surface area contributed by atoms with Gasteiger partial charge in [0.25, 0.3) is 5.91 Å². The lowest BCUT2D eigenvalue weighted by atomic mass is 10.3. The number of hydrogen-bond acceptors (Lipinski definition) is 4. The predicted octanol–water partition coefficient (Wildman–Crippen LogP) is 1.66. The molecule has 0 spiro atoms. The quantitative estimate of drug-likeness (QED) is 0.479. The maximum absolute atomic E-state index is 12.2. The van der Waals surface area contributed by atoms with Gasteiger partial charge < -0.3 is 20.3 Å². The predicted molar refractivity (Wildman–Crippen MR) is 80.3 cm³/mol. The minimum atomic E-state index is -0.265. The van der Waals surface area contributed by atoms with E-state index in [-0.39, 0.29) is 17.8 Å². The fraction of sp³-hybridized carbons (Fsp3) is 0.538. The summed E-state index contributed by atoms with van der Waals surface area (Å²) < 4.78 is 1.60. The topological polar surface area (TPSA) is 79.2 Å². The average molecular weight is 301 g/mol. The number of anilines is 1. The van der Waals surface area contributed by atoms with Gasteiger partial charge in [0, 0.05) is 26.2 Å². The molecule has 0 atom stereocenters. The summed E-state index contributed by atoms with van der Waals surface area (Å²) in [6.07, 6.45) is 3.08. The molecule has 0 radical (unpaired) electrons. The van der Waals surface area contributed by atoms with Gasteiger partial charge in [0.15, 0.2) is 11.5 Å².